The van der Waals surface area contributed by atoms with Crippen LogP contribution in [0.4, 0.5) is 13.2 Å². The Kier molecular flexibility index (Phi) is 5.80. The quantitative estimate of drug-likeness (QED) is 0.601. The number of aromatic nitrogens is 3. The number of benzene rings is 1. The molecule has 0 N–H and O–H groups in total. The maximum absolute atomic E-state index is 12.7. The van der Waals surface area contributed by atoms with E-state index < -0.39 is 12.6 Å². The second kappa shape index (κ2) is 8.51. The van der Waals surface area contributed by atoms with Gasteiger partial charge in [0.25, 0.3) is 0 Å². The van der Waals surface area contributed by atoms with E-state index in [0.717, 1.165) is 10.9 Å². The number of Topliss-reactive ketones (excluding diaryl/α,β-unsaturated/α-hetero) is 1. The molecule has 3 heterocycles. The van der Waals surface area contributed by atoms with Gasteiger partial charge in [0.2, 0.25) is 0 Å². The molecule has 1 fully saturated rings. The van der Waals surface area contributed by atoms with Crippen molar-refractivity contribution in [2.75, 3.05) is 19.6 Å². The van der Waals surface area contributed by atoms with Crippen LogP contribution in [0.3, 0.4) is 0 Å². The van der Waals surface area contributed by atoms with Gasteiger partial charge in [0.15, 0.2) is 12.2 Å². The zero-order valence-electron chi connectivity index (χ0n) is 16.2. The van der Waals surface area contributed by atoms with Gasteiger partial charge in [-0.2, -0.15) is 23.4 Å². The zero-order chi connectivity index (χ0) is 21.1. The van der Waals surface area contributed by atoms with Crippen LogP contribution in [0.25, 0.3) is 22.2 Å². The van der Waals surface area contributed by atoms with E-state index in [1.807, 2.05) is 24.3 Å². The lowest BCUT2D eigenvalue weighted by Crippen LogP contribution is -2.38. The first-order valence-corrected chi connectivity index (χ1v) is 9.84. The molecule has 6 nitrogen and oxygen atoms in total. The van der Waals surface area contributed by atoms with E-state index in [4.69, 9.17) is 4.42 Å². The monoisotopic (exact) mass is 418 g/mol. The summed E-state index contributed by atoms with van der Waals surface area (Å²) in [7, 11) is 0. The van der Waals surface area contributed by atoms with Crippen molar-refractivity contribution < 1.29 is 22.4 Å². The van der Waals surface area contributed by atoms with Gasteiger partial charge in [-0.1, -0.05) is 0 Å². The van der Waals surface area contributed by atoms with E-state index >= 15 is 0 Å². The lowest BCUT2D eigenvalue weighted by atomic mass is 9.90. The Balaban J connectivity index is 1.37. The van der Waals surface area contributed by atoms with Crippen molar-refractivity contribution in [2.45, 2.75) is 31.9 Å². The number of likely N-dealkylation sites (tertiary alicyclic amines) is 1. The molecule has 0 atom stereocenters. The first-order valence-electron chi connectivity index (χ1n) is 9.84. The third-order valence-corrected chi connectivity index (χ3v) is 5.46. The molecule has 0 saturated carbocycles. The Hall–Kier alpha value is -2.81. The number of fused-ring (bicyclic) bond motifs is 1. The first kappa shape index (κ1) is 20.5. The highest BCUT2D eigenvalue weighted by atomic mass is 19.4. The van der Waals surface area contributed by atoms with Crippen LogP contribution < -0.4 is 0 Å². The van der Waals surface area contributed by atoms with E-state index in [2.05, 4.69) is 15.2 Å². The second-order valence-corrected chi connectivity index (χ2v) is 7.60. The largest absolute Gasteiger partial charge is 0.444 e. The number of hydrogen-bond acceptors (Lipinski definition) is 6. The summed E-state index contributed by atoms with van der Waals surface area (Å²) in [6, 6.07) is 7.47. The normalized spacial score (nSPS) is 16.2. The van der Waals surface area contributed by atoms with Crippen molar-refractivity contribution in [1.82, 2.24) is 20.1 Å². The van der Waals surface area contributed by atoms with Gasteiger partial charge in [-0.25, -0.2) is 4.98 Å². The van der Waals surface area contributed by atoms with E-state index in [1.165, 1.54) is 6.39 Å². The van der Waals surface area contributed by atoms with Crippen LogP contribution in [0, 0.1) is 5.92 Å². The lowest BCUT2D eigenvalue weighted by Gasteiger charge is -2.31. The van der Waals surface area contributed by atoms with Crippen molar-refractivity contribution in [3.63, 3.8) is 0 Å². The van der Waals surface area contributed by atoms with Crippen LogP contribution in [0.2, 0.25) is 0 Å². The maximum Gasteiger partial charge on any atom is 0.390 e. The summed E-state index contributed by atoms with van der Waals surface area (Å²) in [4.78, 5) is 18.4. The average molecular weight is 418 g/mol. The van der Waals surface area contributed by atoms with Gasteiger partial charge in [-0.15, -0.1) is 0 Å². The number of alkyl halides is 3. The highest BCUT2D eigenvalue weighted by Gasteiger charge is 2.30. The fraction of sp³-hybridized carbons (Fsp3) is 0.429. The molecule has 9 heteroatoms. The maximum atomic E-state index is 12.7. The van der Waals surface area contributed by atoms with Crippen molar-refractivity contribution >= 4 is 16.7 Å². The zero-order valence-corrected chi connectivity index (χ0v) is 16.2. The van der Waals surface area contributed by atoms with Gasteiger partial charge in [0, 0.05) is 23.4 Å². The summed E-state index contributed by atoms with van der Waals surface area (Å²) in [5.41, 5.74) is 2.16. The molecular formula is C21H21F3N4O2. The van der Waals surface area contributed by atoms with Crippen molar-refractivity contribution in [1.29, 1.82) is 0 Å². The molecule has 1 aromatic carbocycles. The molecule has 158 valence electrons. The molecule has 0 radical (unpaired) electrons. The van der Waals surface area contributed by atoms with Crippen molar-refractivity contribution in [2.24, 2.45) is 5.92 Å². The Morgan fingerprint density at radius 1 is 1.17 bits per heavy atom. The lowest BCUT2D eigenvalue weighted by molar-refractivity contribution is -0.139. The molecule has 0 amide bonds. The second-order valence-electron chi connectivity index (χ2n) is 7.60. The summed E-state index contributed by atoms with van der Waals surface area (Å²) in [5, 5.41) is 9.21. The molecule has 4 rings (SSSR count). The molecule has 2 aromatic heterocycles. The van der Waals surface area contributed by atoms with Crippen molar-refractivity contribution in [3.8, 4) is 11.3 Å². The Morgan fingerprint density at radius 3 is 2.67 bits per heavy atom. The number of carbonyl (C=O) groups is 1. The number of hydrogen-bond donors (Lipinski definition) is 0. The number of oxazole rings is 1. The third kappa shape index (κ3) is 5.02. The summed E-state index contributed by atoms with van der Waals surface area (Å²) in [6.07, 6.45) is -0.642. The SMILES string of the molecule is O=C(Cc1cc2cc(-c3cnco3)ccc2nn1)C1CCN(CCC(F)(F)F)CC1. The van der Waals surface area contributed by atoms with Crippen LogP contribution in [0.15, 0.2) is 41.3 Å². The minimum Gasteiger partial charge on any atom is -0.444 e. The Labute approximate surface area is 171 Å². The predicted octanol–water partition coefficient (Wildman–Crippen LogP) is 4.06. The molecule has 1 aliphatic heterocycles. The molecule has 0 bridgehead atoms. The number of rotatable bonds is 6. The summed E-state index contributed by atoms with van der Waals surface area (Å²) < 4.78 is 42.4. The van der Waals surface area contributed by atoms with Gasteiger partial charge >= 0.3 is 6.18 Å². The van der Waals surface area contributed by atoms with E-state index in [9.17, 15) is 18.0 Å². The summed E-state index contributed by atoms with van der Waals surface area (Å²) in [5.74, 6) is 0.555. The molecular weight excluding hydrogens is 397 g/mol. The van der Waals surface area contributed by atoms with Crippen LogP contribution in [0.5, 0.6) is 0 Å². The van der Waals surface area contributed by atoms with E-state index in [1.54, 1.807) is 11.1 Å². The molecule has 1 aliphatic rings. The van der Waals surface area contributed by atoms with Gasteiger partial charge in [-0.3, -0.25) is 4.79 Å². The number of ketones is 1. The van der Waals surface area contributed by atoms with Gasteiger partial charge in [-0.05, 0) is 50.2 Å². The van der Waals surface area contributed by atoms with Crippen LogP contribution in [-0.2, 0) is 11.2 Å². The summed E-state index contributed by atoms with van der Waals surface area (Å²) in [6.45, 7) is 1.01. The smallest absolute Gasteiger partial charge is 0.390 e. The van der Waals surface area contributed by atoms with E-state index in [0.29, 0.717) is 42.9 Å². The van der Waals surface area contributed by atoms with Gasteiger partial charge in [0.05, 0.1) is 30.2 Å². The van der Waals surface area contributed by atoms with E-state index in [-0.39, 0.29) is 24.7 Å². The van der Waals surface area contributed by atoms with Crippen LogP contribution in [-0.4, -0.2) is 51.7 Å². The van der Waals surface area contributed by atoms with Gasteiger partial charge < -0.3 is 9.32 Å². The minimum atomic E-state index is -4.14. The molecule has 30 heavy (non-hydrogen) atoms. The highest BCUT2D eigenvalue weighted by molar-refractivity contribution is 5.86. The molecule has 0 spiro atoms. The first-order chi connectivity index (χ1) is 14.4. The van der Waals surface area contributed by atoms with Crippen molar-refractivity contribution in [3.05, 3.63) is 42.5 Å². The molecule has 0 aliphatic carbocycles. The third-order valence-electron chi connectivity index (χ3n) is 5.46. The number of carbonyl (C=O) groups excluding carboxylic acids is 1. The van der Waals surface area contributed by atoms with Gasteiger partial charge in [0.1, 0.15) is 5.78 Å². The molecule has 3 aromatic rings. The van der Waals surface area contributed by atoms with Crippen LogP contribution >= 0.6 is 0 Å². The molecule has 0 unspecified atom stereocenters. The standard InChI is InChI=1S/C21H21F3N4O2/c22-21(23,24)5-8-28-6-3-14(4-7-28)19(29)11-17-10-16-9-15(20-12-25-13-30-20)1-2-18(16)27-26-17/h1-2,9-10,12-14H,3-8,11H2. The fourth-order valence-corrected chi connectivity index (χ4v) is 3.77. The Morgan fingerprint density at radius 2 is 1.97 bits per heavy atom. The summed E-state index contributed by atoms with van der Waals surface area (Å²) >= 11 is 0. The molecule has 1 saturated heterocycles. The number of halogens is 3. The average Bonchev–Trinajstić information content (AvgIpc) is 3.26. The topological polar surface area (TPSA) is 72.1 Å². The highest BCUT2D eigenvalue weighted by Crippen LogP contribution is 2.25. The number of nitrogens with zero attached hydrogens (tertiary/aromatic N) is 4. The number of piperidine rings is 1. The Bertz CT molecular complexity index is 1010. The fourth-order valence-electron chi connectivity index (χ4n) is 3.77. The minimum absolute atomic E-state index is 0.00587. The van der Waals surface area contributed by atoms with Crippen LogP contribution in [0.1, 0.15) is 25.0 Å². The predicted molar refractivity (Wildman–Crippen MR) is 104 cm³/mol.